The van der Waals surface area contributed by atoms with Crippen LogP contribution in [-0.2, 0) is 0 Å². The lowest BCUT2D eigenvalue weighted by molar-refractivity contribution is 0.0155. The van der Waals surface area contributed by atoms with Gasteiger partial charge in [-0.2, -0.15) is 0 Å². The van der Waals surface area contributed by atoms with Gasteiger partial charge in [-0.25, -0.2) is 0 Å². The zero-order valence-electron chi connectivity index (χ0n) is 11.9. The van der Waals surface area contributed by atoms with Crippen molar-refractivity contribution in [3.63, 3.8) is 0 Å². The van der Waals surface area contributed by atoms with Crippen molar-refractivity contribution in [2.24, 2.45) is 46.8 Å². The summed E-state index contributed by atoms with van der Waals surface area (Å²) in [6, 6.07) is 0. The Kier molecular flexibility index (Phi) is 2.01. The van der Waals surface area contributed by atoms with Crippen molar-refractivity contribution in [2.75, 3.05) is 0 Å². The van der Waals surface area contributed by atoms with Crippen LogP contribution in [0.15, 0.2) is 0 Å². The number of rotatable bonds is 0. The lowest BCUT2D eigenvalue weighted by Crippen LogP contribution is -2.40. The number of hydrogen-bond donors (Lipinski definition) is 0. The third kappa shape index (κ3) is 1.19. The van der Waals surface area contributed by atoms with Crippen molar-refractivity contribution >= 4 is 0 Å². The van der Waals surface area contributed by atoms with Crippen molar-refractivity contribution in [1.82, 2.24) is 0 Å². The summed E-state index contributed by atoms with van der Waals surface area (Å²) in [6.45, 7) is 2.73. The predicted octanol–water partition coefficient (Wildman–Crippen LogP) is 4.89. The molecular weight excluding hydrogens is 216 g/mol. The molecule has 18 heavy (non-hydrogen) atoms. The molecule has 5 aliphatic rings. The predicted molar refractivity (Wildman–Crippen MR) is 74.1 cm³/mol. The first-order chi connectivity index (χ1) is 8.77. The quantitative estimate of drug-likeness (QED) is 0.569. The standard InChI is InChI=1S/C18H28/c1-18-8-7-11-3-2-4-14(17(11)18)12-5-6-13(9-12)15-10-16(15)18/h11-17H,2-10H2,1H3/t11-,12+,13-,14?,15-,16-,17+,18?/m0/s1. The minimum atomic E-state index is 0.793. The van der Waals surface area contributed by atoms with E-state index in [-0.39, 0.29) is 0 Å². The molecular formula is C18H28. The van der Waals surface area contributed by atoms with E-state index < -0.39 is 0 Å². The van der Waals surface area contributed by atoms with Gasteiger partial charge in [-0.3, -0.25) is 0 Å². The summed E-state index contributed by atoms with van der Waals surface area (Å²) in [5.74, 6) is 8.12. The summed E-state index contributed by atoms with van der Waals surface area (Å²) in [5.41, 5.74) is 0.793. The van der Waals surface area contributed by atoms with E-state index in [0.29, 0.717) is 0 Å². The van der Waals surface area contributed by atoms with E-state index >= 15 is 0 Å². The zero-order chi connectivity index (χ0) is 11.9. The number of hydrogen-bond acceptors (Lipinski definition) is 0. The van der Waals surface area contributed by atoms with Gasteiger partial charge in [-0.1, -0.05) is 19.8 Å². The van der Waals surface area contributed by atoms with Crippen LogP contribution in [0.1, 0.15) is 64.7 Å². The second kappa shape index (κ2) is 3.36. The van der Waals surface area contributed by atoms with Gasteiger partial charge in [0, 0.05) is 0 Å². The third-order valence-electron chi connectivity index (χ3n) is 8.31. The summed E-state index contributed by atoms with van der Waals surface area (Å²) in [4.78, 5) is 0. The van der Waals surface area contributed by atoms with Crippen LogP contribution in [-0.4, -0.2) is 0 Å². The Morgan fingerprint density at radius 2 is 1.61 bits per heavy atom. The molecule has 5 rings (SSSR count). The highest BCUT2D eigenvalue weighted by Gasteiger charge is 2.64. The Morgan fingerprint density at radius 3 is 2.50 bits per heavy atom. The van der Waals surface area contributed by atoms with E-state index in [1.807, 2.05) is 0 Å². The summed E-state index contributed by atoms with van der Waals surface area (Å²) in [6.07, 6.45) is 14.4. The van der Waals surface area contributed by atoms with Crippen LogP contribution in [0.3, 0.4) is 0 Å². The third-order valence-corrected chi connectivity index (χ3v) is 8.31. The van der Waals surface area contributed by atoms with E-state index in [2.05, 4.69) is 6.92 Å². The maximum atomic E-state index is 2.73. The minimum absolute atomic E-state index is 0.793. The van der Waals surface area contributed by atoms with Gasteiger partial charge in [0.25, 0.3) is 0 Å². The minimum Gasteiger partial charge on any atom is -0.0591 e. The molecule has 0 saturated heterocycles. The normalized spacial score (nSPS) is 64.8. The van der Waals surface area contributed by atoms with Crippen molar-refractivity contribution in [3.05, 3.63) is 0 Å². The molecule has 5 saturated carbocycles. The molecule has 0 N–H and O–H groups in total. The van der Waals surface area contributed by atoms with Crippen LogP contribution < -0.4 is 0 Å². The smallest absolute Gasteiger partial charge is 0.0261 e. The first-order valence-corrected chi connectivity index (χ1v) is 8.77. The molecule has 2 bridgehead atoms. The first kappa shape index (κ1) is 10.7. The fraction of sp³-hybridized carbons (Fsp3) is 1.00. The fourth-order valence-electron chi connectivity index (χ4n) is 7.62. The van der Waals surface area contributed by atoms with E-state index in [1.54, 1.807) is 57.8 Å². The Morgan fingerprint density at radius 1 is 0.778 bits per heavy atom. The van der Waals surface area contributed by atoms with E-state index in [4.69, 9.17) is 0 Å². The van der Waals surface area contributed by atoms with Crippen LogP contribution in [0.5, 0.6) is 0 Å². The highest BCUT2D eigenvalue weighted by atomic mass is 14.7. The Labute approximate surface area is 112 Å². The molecule has 0 aromatic carbocycles. The molecule has 0 aromatic rings. The molecule has 0 nitrogen and oxygen atoms in total. The van der Waals surface area contributed by atoms with Crippen LogP contribution in [0.4, 0.5) is 0 Å². The maximum Gasteiger partial charge on any atom is -0.0261 e. The van der Waals surface area contributed by atoms with Crippen LogP contribution >= 0.6 is 0 Å². The van der Waals surface area contributed by atoms with Crippen LogP contribution in [0.25, 0.3) is 0 Å². The Hall–Kier alpha value is 0. The van der Waals surface area contributed by atoms with E-state index in [0.717, 1.165) is 35.0 Å². The highest BCUT2D eigenvalue weighted by molar-refractivity contribution is 5.13. The second-order valence-corrected chi connectivity index (χ2v) is 8.76. The molecule has 0 heteroatoms. The summed E-state index contributed by atoms with van der Waals surface area (Å²) >= 11 is 0. The topological polar surface area (TPSA) is 0 Å². The van der Waals surface area contributed by atoms with Gasteiger partial charge >= 0.3 is 0 Å². The van der Waals surface area contributed by atoms with Crippen LogP contribution in [0.2, 0.25) is 0 Å². The number of fused-ring (bicyclic) bond motifs is 6. The molecule has 5 fully saturated rings. The van der Waals surface area contributed by atoms with Crippen molar-refractivity contribution in [3.8, 4) is 0 Å². The van der Waals surface area contributed by atoms with Gasteiger partial charge in [-0.15, -0.1) is 0 Å². The molecule has 2 unspecified atom stereocenters. The summed E-state index contributed by atoms with van der Waals surface area (Å²) in [7, 11) is 0. The van der Waals surface area contributed by atoms with Crippen molar-refractivity contribution in [2.45, 2.75) is 64.7 Å². The molecule has 100 valence electrons. The largest absolute Gasteiger partial charge is 0.0591 e. The molecule has 0 aromatic heterocycles. The SMILES string of the molecule is CC12CC[C@@H]3CCCC([C@@H]4CC[C@@H](C4)[C@@H]4C[C@@H]41)[C@@H]32. The Balaban J connectivity index is 1.60. The lowest BCUT2D eigenvalue weighted by atomic mass is 9.58. The highest BCUT2D eigenvalue weighted by Crippen LogP contribution is 2.72. The molecule has 0 heterocycles. The van der Waals surface area contributed by atoms with E-state index in [9.17, 15) is 0 Å². The fourth-order valence-corrected chi connectivity index (χ4v) is 7.62. The van der Waals surface area contributed by atoms with Gasteiger partial charge in [0.15, 0.2) is 0 Å². The molecule has 8 atom stereocenters. The van der Waals surface area contributed by atoms with Gasteiger partial charge in [0.1, 0.15) is 0 Å². The second-order valence-electron chi connectivity index (χ2n) is 8.76. The van der Waals surface area contributed by atoms with Crippen molar-refractivity contribution < 1.29 is 0 Å². The zero-order valence-corrected chi connectivity index (χ0v) is 11.9. The molecule has 0 amide bonds. The summed E-state index contributed by atoms with van der Waals surface area (Å²) < 4.78 is 0. The first-order valence-electron chi connectivity index (χ1n) is 8.77. The molecule has 0 spiro atoms. The summed E-state index contributed by atoms with van der Waals surface area (Å²) in [5, 5.41) is 0. The molecule has 0 aliphatic heterocycles. The van der Waals surface area contributed by atoms with Gasteiger partial charge in [-0.05, 0) is 91.8 Å². The Bertz CT molecular complexity index is 372. The average Bonchev–Trinajstić information content (AvgIpc) is 2.90. The van der Waals surface area contributed by atoms with E-state index in [1.165, 1.54) is 11.8 Å². The molecule has 0 radical (unpaired) electrons. The maximum absolute atomic E-state index is 2.73. The monoisotopic (exact) mass is 244 g/mol. The van der Waals surface area contributed by atoms with Crippen LogP contribution in [0, 0.1) is 46.8 Å². The van der Waals surface area contributed by atoms with Gasteiger partial charge in [0.2, 0.25) is 0 Å². The lowest BCUT2D eigenvalue weighted by Gasteiger charge is -2.47. The van der Waals surface area contributed by atoms with Gasteiger partial charge < -0.3 is 0 Å². The van der Waals surface area contributed by atoms with Crippen molar-refractivity contribution in [1.29, 1.82) is 0 Å². The average molecular weight is 244 g/mol. The van der Waals surface area contributed by atoms with Gasteiger partial charge in [0.05, 0.1) is 0 Å². The molecule has 5 aliphatic carbocycles.